The van der Waals surface area contributed by atoms with Crippen LogP contribution in [0.25, 0.3) is 0 Å². The van der Waals surface area contributed by atoms with Crippen molar-refractivity contribution < 1.29 is 14.3 Å². The van der Waals surface area contributed by atoms with Gasteiger partial charge in [0.15, 0.2) is 0 Å². The first kappa shape index (κ1) is 18.0. The summed E-state index contributed by atoms with van der Waals surface area (Å²) >= 11 is 0. The van der Waals surface area contributed by atoms with E-state index in [0.29, 0.717) is 6.54 Å². The van der Waals surface area contributed by atoms with Crippen molar-refractivity contribution in [3.8, 4) is 0 Å². The van der Waals surface area contributed by atoms with Crippen LogP contribution in [0.3, 0.4) is 0 Å². The van der Waals surface area contributed by atoms with Gasteiger partial charge in [0.1, 0.15) is 11.8 Å². The van der Waals surface area contributed by atoms with Gasteiger partial charge in [-0.15, -0.1) is 0 Å². The van der Waals surface area contributed by atoms with E-state index in [1.54, 1.807) is 7.05 Å². The van der Waals surface area contributed by atoms with Crippen LogP contribution in [0, 0.1) is 0 Å². The van der Waals surface area contributed by atoms with Crippen molar-refractivity contribution >= 4 is 17.6 Å². The highest BCUT2D eigenvalue weighted by atomic mass is 16.5. The number of hydrazone groups is 1. The molecular weight excluding hydrogens is 306 g/mol. The minimum atomic E-state index is -0.491. The van der Waals surface area contributed by atoms with E-state index in [2.05, 4.69) is 48.1 Å². The van der Waals surface area contributed by atoms with E-state index in [0.717, 1.165) is 5.56 Å². The predicted octanol–water partition coefficient (Wildman–Crippen LogP) is 1.83. The summed E-state index contributed by atoms with van der Waals surface area (Å²) in [7, 11) is 2.98. The van der Waals surface area contributed by atoms with Crippen molar-refractivity contribution in [1.82, 2.24) is 10.3 Å². The van der Waals surface area contributed by atoms with E-state index < -0.39 is 12.0 Å². The van der Waals surface area contributed by atoms with Crippen LogP contribution in [0.4, 0.5) is 0 Å². The van der Waals surface area contributed by atoms with E-state index in [1.807, 2.05) is 12.1 Å². The maximum Gasteiger partial charge on any atom is 0.354 e. The summed E-state index contributed by atoms with van der Waals surface area (Å²) < 4.78 is 4.65. The Morgan fingerprint density at radius 1 is 1.29 bits per heavy atom. The summed E-state index contributed by atoms with van der Waals surface area (Å²) in [6.45, 7) is 6.94. The molecule has 0 bridgehead atoms. The molecule has 0 radical (unpaired) electrons. The molecule has 0 fully saturated rings. The highest BCUT2D eigenvalue weighted by Gasteiger charge is 2.33. The number of likely N-dealkylation sites (N-methyl/N-ethyl adjacent to an activating group) is 1. The number of nitrogens with one attached hydrogen (secondary N) is 1. The zero-order valence-electron chi connectivity index (χ0n) is 14.9. The Labute approximate surface area is 142 Å². The first-order chi connectivity index (χ1) is 11.2. The van der Waals surface area contributed by atoms with Gasteiger partial charge in [-0.05, 0) is 16.5 Å². The molecule has 6 nitrogen and oxygen atoms in total. The lowest BCUT2D eigenvalue weighted by Crippen LogP contribution is -2.40. The largest absolute Gasteiger partial charge is 0.464 e. The molecule has 1 aliphatic heterocycles. The van der Waals surface area contributed by atoms with Gasteiger partial charge in [-0.3, -0.25) is 9.80 Å². The highest BCUT2D eigenvalue weighted by molar-refractivity contribution is 6.37. The summed E-state index contributed by atoms with van der Waals surface area (Å²) in [4.78, 5) is 23.8. The maximum absolute atomic E-state index is 12.3. The minimum Gasteiger partial charge on any atom is -0.464 e. The van der Waals surface area contributed by atoms with Crippen molar-refractivity contribution in [3.63, 3.8) is 0 Å². The van der Waals surface area contributed by atoms with Crippen LogP contribution in [-0.4, -0.2) is 42.8 Å². The lowest BCUT2D eigenvalue weighted by molar-refractivity contribution is -0.132. The number of esters is 1. The average molecular weight is 331 g/mol. The molecule has 1 aromatic rings. The molecule has 0 aliphatic carbocycles. The van der Waals surface area contributed by atoms with Crippen molar-refractivity contribution in [1.29, 1.82) is 0 Å². The molecule has 6 heteroatoms. The van der Waals surface area contributed by atoms with Crippen molar-refractivity contribution in [2.75, 3.05) is 14.2 Å². The molecule has 1 atom stereocenters. The number of carbonyl (C=O) groups excluding carboxylic acids is 2. The lowest BCUT2D eigenvalue weighted by Gasteiger charge is -2.20. The Kier molecular flexibility index (Phi) is 5.26. The lowest BCUT2D eigenvalue weighted by atomic mass is 9.87. The van der Waals surface area contributed by atoms with Crippen LogP contribution < -0.4 is 5.32 Å². The smallest absolute Gasteiger partial charge is 0.354 e. The number of amides is 1. The first-order valence-electron chi connectivity index (χ1n) is 7.98. The number of rotatable bonds is 4. The van der Waals surface area contributed by atoms with Crippen molar-refractivity contribution in [2.45, 2.75) is 45.2 Å². The SMILES string of the molecule is COC(=O)C1=NN(C)C(C(=O)NCc2ccc(C(C)(C)C)cc2)C1. The fourth-order valence-electron chi connectivity index (χ4n) is 2.55. The number of carbonyl (C=O) groups is 2. The molecular formula is C18H25N3O3. The zero-order valence-corrected chi connectivity index (χ0v) is 14.9. The van der Waals surface area contributed by atoms with Gasteiger partial charge in [-0.2, -0.15) is 5.10 Å². The fraction of sp³-hybridized carbons (Fsp3) is 0.500. The number of hydrogen-bond donors (Lipinski definition) is 1. The monoisotopic (exact) mass is 331 g/mol. The standard InChI is InChI=1S/C18H25N3O3/c1-18(2,3)13-8-6-12(7-9-13)11-19-16(22)15-10-14(17(23)24-5)20-21(15)4/h6-9,15H,10-11H2,1-5H3,(H,19,22). The molecule has 1 aliphatic rings. The van der Waals surface area contributed by atoms with Crippen molar-refractivity contribution in [3.05, 3.63) is 35.4 Å². The second-order valence-corrected chi connectivity index (χ2v) is 7.00. The van der Waals surface area contributed by atoms with E-state index in [-0.39, 0.29) is 23.5 Å². The first-order valence-corrected chi connectivity index (χ1v) is 7.98. The molecule has 130 valence electrons. The van der Waals surface area contributed by atoms with Crippen LogP contribution in [0.1, 0.15) is 38.3 Å². The number of benzene rings is 1. The Morgan fingerprint density at radius 3 is 2.46 bits per heavy atom. The molecule has 0 saturated carbocycles. The third kappa shape index (κ3) is 4.13. The summed E-state index contributed by atoms with van der Waals surface area (Å²) in [5.41, 5.74) is 2.67. The highest BCUT2D eigenvalue weighted by Crippen LogP contribution is 2.22. The second-order valence-electron chi connectivity index (χ2n) is 7.00. The fourth-order valence-corrected chi connectivity index (χ4v) is 2.55. The van der Waals surface area contributed by atoms with E-state index >= 15 is 0 Å². The van der Waals surface area contributed by atoms with Gasteiger partial charge in [0, 0.05) is 20.0 Å². The molecule has 1 amide bonds. The Hall–Kier alpha value is -2.37. The van der Waals surface area contributed by atoms with Crippen LogP contribution >= 0.6 is 0 Å². The maximum atomic E-state index is 12.3. The van der Waals surface area contributed by atoms with Crippen molar-refractivity contribution in [2.24, 2.45) is 5.10 Å². The molecule has 1 unspecified atom stereocenters. The van der Waals surface area contributed by atoms with Gasteiger partial charge < -0.3 is 10.1 Å². The molecule has 1 heterocycles. The number of ether oxygens (including phenoxy) is 1. The molecule has 2 rings (SSSR count). The third-order valence-electron chi connectivity index (χ3n) is 4.13. The quantitative estimate of drug-likeness (QED) is 0.855. The Bertz CT molecular complexity index is 644. The summed E-state index contributed by atoms with van der Waals surface area (Å²) in [6, 6.07) is 7.74. The van der Waals surface area contributed by atoms with Crippen LogP contribution in [-0.2, 0) is 26.3 Å². The summed E-state index contributed by atoms with van der Waals surface area (Å²) in [5, 5.41) is 8.48. The van der Waals surface area contributed by atoms with Gasteiger partial charge in [-0.25, -0.2) is 4.79 Å². The molecule has 0 saturated heterocycles. The number of methoxy groups -OCH3 is 1. The van der Waals surface area contributed by atoms with Gasteiger partial charge in [-0.1, -0.05) is 45.0 Å². The van der Waals surface area contributed by atoms with Gasteiger partial charge >= 0.3 is 5.97 Å². The predicted molar refractivity (Wildman–Crippen MR) is 92.6 cm³/mol. The van der Waals surface area contributed by atoms with E-state index in [1.165, 1.54) is 17.7 Å². The summed E-state index contributed by atoms with van der Waals surface area (Å²) in [6.07, 6.45) is 0.262. The third-order valence-corrected chi connectivity index (χ3v) is 4.13. The van der Waals surface area contributed by atoms with Crippen LogP contribution in [0.15, 0.2) is 29.4 Å². The topological polar surface area (TPSA) is 71.0 Å². The molecule has 0 spiro atoms. The second kappa shape index (κ2) is 7.03. The number of hydrogen-bond acceptors (Lipinski definition) is 5. The minimum absolute atomic E-state index is 0.107. The van der Waals surface area contributed by atoms with Crippen LogP contribution in [0.2, 0.25) is 0 Å². The summed E-state index contributed by atoms with van der Waals surface area (Å²) in [5.74, 6) is -0.644. The number of nitrogens with zero attached hydrogens (tertiary/aromatic N) is 2. The molecule has 0 aromatic heterocycles. The zero-order chi connectivity index (χ0) is 17.9. The Morgan fingerprint density at radius 2 is 1.92 bits per heavy atom. The van der Waals surface area contributed by atoms with Crippen LogP contribution in [0.5, 0.6) is 0 Å². The van der Waals surface area contributed by atoms with Gasteiger partial charge in [0.25, 0.3) is 0 Å². The normalized spacial score (nSPS) is 17.5. The van der Waals surface area contributed by atoms with Gasteiger partial charge in [0.2, 0.25) is 5.91 Å². The Balaban J connectivity index is 1.91. The van der Waals surface area contributed by atoms with Gasteiger partial charge in [0.05, 0.1) is 7.11 Å². The van der Waals surface area contributed by atoms with E-state index in [4.69, 9.17) is 0 Å². The van der Waals surface area contributed by atoms with E-state index in [9.17, 15) is 9.59 Å². The average Bonchev–Trinajstić information content (AvgIpc) is 2.93. The molecule has 1 N–H and O–H groups in total. The molecule has 1 aromatic carbocycles. The molecule has 24 heavy (non-hydrogen) atoms.